The van der Waals surface area contributed by atoms with Gasteiger partial charge in [-0.05, 0) is 55.0 Å². The number of unbranched alkanes of at least 4 members (excludes halogenated alkanes) is 1. The molecule has 0 bridgehead atoms. The summed E-state index contributed by atoms with van der Waals surface area (Å²) < 4.78 is 5.82. The van der Waals surface area contributed by atoms with Crippen LogP contribution >= 0.6 is 0 Å². The van der Waals surface area contributed by atoms with Crippen LogP contribution in [0.25, 0.3) is 0 Å². The zero-order valence-electron chi connectivity index (χ0n) is 21.0. The lowest BCUT2D eigenvalue weighted by Crippen LogP contribution is -2.50. The van der Waals surface area contributed by atoms with Crippen molar-refractivity contribution in [3.8, 4) is 5.75 Å². The molecule has 1 aliphatic heterocycles. The maximum atomic E-state index is 13.2. The number of anilines is 1. The summed E-state index contributed by atoms with van der Waals surface area (Å²) >= 11 is 0. The van der Waals surface area contributed by atoms with Crippen LogP contribution in [0.4, 0.5) is 5.69 Å². The Morgan fingerprint density at radius 2 is 1.89 bits per heavy atom. The van der Waals surface area contributed by atoms with E-state index in [-0.39, 0.29) is 29.1 Å². The lowest BCUT2D eigenvalue weighted by molar-refractivity contribution is -0.118. The predicted molar refractivity (Wildman–Crippen MR) is 135 cm³/mol. The summed E-state index contributed by atoms with van der Waals surface area (Å²) in [5, 5.41) is 8.98. The van der Waals surface area contributed by atoms with Gasteiger partial charge in [-0.2, -0.15) is 0 Å². The molecule has 1 saturated heterocycles. The molecule has 2 heterocycles. The Morgan fingerprint density at radius 3 is 2.51 bits per heavy atom. The summed E-state index contributed by atoms with van der Waals surface area (Å²) in [7, 11) is 0. The van der Waals surface area contributed by atoms with E-state index in [2.05, 4.69) is 34.8 Å². The molecular weight excluding hydrogens is 444 g/mol. The van der Waals surface area contributed by atoms with E-state index in [4.69, 9.17) is 4.74 Å². The molecule has 35 heavy (non-hydrogen) atoms. The van der Waals surface area contributed by atoms with Gasteiger partial charge in [0.2, 0.25) is 5.91 Å². The van der Waals surface area contributed by atoms with E-state index in [1.807, 2.05) is 19.1 Å². The van der Waals surface area contributed by atoms with Gasteiger partial charge in [0.25, 0.3) is 5.91 Å². The van der Waals surface area contributed by atoms with Crippen LogP contribution in [0, 0.1) is 12.3 Å². The Labute approximate surface area is 206 Å². The Bertz CT molecular complexity index is 1100. The van der Waals surface area contributed by atoms with Gasteiger partial charge in [0.1, 0.15) is 23.6 Å². The quantitative estimate of drug-likeness (QED) is 0.437. The number of aromatic nitrogens is 1. The number of ketones is 1. The van der Waals surface area contributed by atoms with Gasteiger partial charge in [-0.1, -0.05) is 33.6 Å². The number of amides is 2. The second-order valence-electron chi connectivity index (χ2n) is 10.5. The number of nitrogens with one attached hydrogen (secondary N) is 4. The number of fused-ring (bicyclic) bond motifs is 1. The second-order valence-corrected chi connectivity index (χ2v) is 10.5. The Hall–Kier alpha value is -3.13. The van der Waals surface area contributed by atoms with Crippen LogP contribution < -0.4 is 20.7 Å². The molecule has 1 unspecified atom stereocenters. The van der Waals surface area contributed by atoms with Crippen LogP contribution in [0.15, 0.2) is 24.3 Å². The number of hydrogen-bond donors (Lipinski definition) is 4. The smallest absolute Gasteiger partial charge is 0.268 e. The van der Waals surface area contributed by atoms with E-state index in [1.54, 1.807) is 19.1 Å². The van der Waals surface area contributed by atoms with E-state index in [0.29, 0.717) is 41.8 Å². The number of benzene rings is 1. The summed E-state index contributed by atoms with van der Waals surface area (Å²) in [6.07, 6.45) is 3.58. The monoisotopic (exact) mass is 480 g/mol. The van der Waals surface area contributed by atoms with Gasteiger partial charge < -0.3 is 25.7 Å². The van der Waals surface area contributed by atoms with Gasteiger partial charge in [-0.15, -0.1) is 0 Å². The van der Waals surface area contributed by atoms with E-state index >= 15 is 0 Å². The number of Topliss-reactive ketones (excluding diaryl/α,β-unsaturated/α-hetero) is 1. The van der Waals surface area contributed by atoms with Crippen LogP contribution in [-0.2, 0) is 11.2 Å². The molecule has 1 atom stereocenters. The maximum absolute atomic E-state index is 13.2. The van der Waals surface area contributed by atoms with Gasteiger partial charge >= 0.3 is 0 Å². The number of carbonyl (C=O) groups excluding carboxylic acids is 3. The summed E-state index contributed by atoms with van der Waals surface area (Å²) in [4.78, 5) is 42.2. The fourth-order valence-corrected chi connectivity index (χ4v) is 4.75. The first-order chi connectivity index (χ1) is 16.7. The minimum absolute atomic E-state index is 0.0605. The van der Waals surface area contributed by atoms with E-state index in [9.17, 15) is 14.4 Å². The first kappa shape index (κ1) is 25.0. The number of aromatic amines is 1. The molecule has 188 valence electrons. The molecule has 2 amide bonds. The molecule has 1 aromatic carbocycles. The molecule has 4 rings (SSSR count). The summed E-state index contributed by atoms with van der Waals surface area (Å²) in [5.74, 6) is 0.186. The number of rotatable bonds is 9. The predicted octanol–water partition coefficient (Wildman–Crippen LogP) is 3.76. The molecule has 4 N–H and O–H groups in total. The molecule has 8 nitrogen and oxygen atoms in total. The number of ether oxygens (including phenoxy) is 1. The third-order valence-corrected chi connectivity index (χ3v) is 6.76. The minimum atomic E-state index is -0.689. The molecule has 0 saturated carbocycles. The number of carbonyl (C=O) groups is 3. The van der Waals surface area contributed by atoms with Crippen molar-refractivity contribution in [2.24, 2.45) is 5.41 Å². The average Bonchev–Trinajstić information content (AvgIpc) is 3.09. The average molecular weight is 481 g/mol. The van der Waals surface area contributed by atoms with Gasteiger partial charge in [-0.25, -0.2) is 0 Å². The van der Waals surface area contributed by atoms with Crippen molar-refractivity contribution in [3.05, 3.63) is 46.8 Å². The highest BCUT2D eigenvalue weighted by molar-refractivity contribution is 6.06. The van der Waals surface area contributed by atoms with Gasteiger partial charge in [0, 0.05) is 36.5 Å². The fraction of sp³-hybridized carbons (Fsp3) is 0.519. The lowest BCUT2D eigenvalue weighted by Gasteiger charge is -2.28. The molecule has 1 aromatic heterocycles. The van der Waals surface area contributed by atoms with Crippen molar-refractivity contribution in [1.29, 1.82) is 0 Å². The minimum Gasteiger partial charge on any atom is -0.488 e. The Morgan fingerprint density at radius 1 is 1.17 bits per heavy atom. The highest BCUT2D eigenvalue weighted by atomic mass is 16.5. The van der Waals surface area contributed by atoms with Crippen LogP contribution in [-0.4, -0.2) is 47.8 Å². The van der Waals surface area contributed by atoms with Crippen LogP contribution in [0.2, 0.25) is 0 Å². The van der Waals surface area contributed by atoms with Gasteiger partial charge in [0.15, 0.2) is 5.78 Å². The highest BCUT2D eigenvalue weighted by Gasteiger charge is 2.35. The van der Waals surface area contributed by atoms with E-state index < -0.39 is 6.04 Å². The van der Waals surface area contributed by atoms with E-state index in [0.717, 1.165) is 37.4 Å². The zero-order chi connectivity index (χ0) is 25.2. The summed E-state index contributed by atoms with van der Waals surface area (Å²) in [6.45, 7) is 9.63. The topological polar surface area (TPSA) is 112 Å². The van der Waals surface area contributed by atoms with Crippen LogP contribution in [0.1, 0.15) is 78.6 Å². The van der Waals surface area contributed by atoms with Gasteiger partial charge in [0.05, 0.1) is 0 Å². The van der Waals surface area contributed by atoms with E-state index in [1.165, 1.54) is 0 Å². The van der Waals surface area contributed by atoms with Gasteiger partial charge in [-0.3, -0.25) is 14.4 Å². The molecule has 1 fully saturated rings. The number of hydrogen-bond acceptors (Lipinski definition) is 5. The van der Waals surface area contributed by atoms with Crippen LogP contribution in [0.5, 0.6) is 5.75 Å². The maximum Gasteiger partial charge on any atom is 0.268 e. The van der Waals surface area contributed by atoms with Crippen LogP contribution in [0.3, 0.4) is 0 Å². The molecule has 0 radical (unpaired) electrons. The molecular formula is C27H36N4O4. The van der Waals surface area contributed by atoms with Crippen molar-refractivity contribution in [2.45, 2.75) is 71.9 Å². The standard InChI is InChI=1S/C27H36N4O4/c1-5-6-7-20(25(33)29-17-8-10-18(11-9-17)35-19-14-28-15-19)31-26(34)24-16(2)23-21(30-24)12-27(3,4)13-22(23)32/h8-11,19-20,28,30H,5-7,12-15H2,1-4H3,(H,29,33)(H,31,34). The van der Waals surface area contributed by atoms with Crippen molar-refractivity contribution >= 4 is 23.3 Å². The van der Waals surface area contributed by atoms with Crippen molar-refractivity contribution in [2.75, 3.05) is 18.4 Å². The molecule has 2 aromatic rings. The normalized spacial score (nSPS) is 17.8. The molecule has 8 heteroatoms. The van der Waals surface area contributed by atoms with Crippen molar-refractivity contribution < 1.29 is 19.1 Å². The third-order valence-electron chi connectivity index (χ3n) is 6.76. The molecule has 2 aliphatic rings. The molecule has 0 spiro atoms. The second kappa shape index (κ2) is 10.2. The van der Waals surface area contributed by atoms with Crippen molar-refractivity contribution in [1.82, 2.24) is 15.6 Å². The number of H-pyrrole nitrogens is 1. The summed E-state index contributed by atoms with van der Waals surface area (Å²) in [6, 6.07) is 6.58. The third kappa shape index (κ3) is 5.75. The Balaban J connectivity index is 1.44. The zero-order valence-corrected chi connectivity index (χ0v) is 21.0. The van der Waals surface area contributed by atoms with Crippen molar-refractivity contribution in [3.63, 3.8) is 0 Å². The first-order valence-corrected chi connectivity index (χ1v) is 12.5. The highest BCUT2D eigenvalue weighted by Crippen LogP contribution is 2.36. The first-order valence-electron chi connectivity index (χ1n) is 12.5. The SMILES string of the molecule is CCCCC(NC(=O)c1[nH]c2c(c1C)C(=O)CC(C)(C)C2)C(=O)Nc1ccc(OC2CNC2)cc1. The summed E-state index contributed by atoms with van der Waals surface area (Å²) in [5.41, 5.74) is 2.96. The molecule has 1 aliphatic carbocycles. The lowest BCUT2D eigenvalue weighted by atomic mass is 9.75. The fourth-order valence-electron chi connectivity index (χ4n) is 4.75. The largest absolute Gasteiger partial charge is 0.488 e. The Kier molecular flexibility index (Phi) is 7.31.